The van der Waals surface area contributed by atoms with E-state index in [0.717, 1.165) is 18.6 Å². The lowest BCUT2D eigenvalue weighted by Gasteiger charge is -2.23. The van der Waals surface area contributed by atoms with Crippen LogP contribution in [0.4, 0.5) is 10.5 Å². The minimum Gasteiger partial charge on any atom is -0.492 e. The zero-order valence-corrected chi connectivity index (χ0v) is 16.0. The van der Waals surface area contributed by atoms with Crippen LogP contribution < -0.4 is 10.1 Å². The smallest absolute Gasteiger partial charge is 0.322 e. The summed E-state index contributed by atoms with van der Waals surface area (Å²) in [6, 6.07) is 16.8. The molecule has 0 aliphatic heterocycles. The summed E-state index contributed by atoms with van der Waals surface area (Å²) in [5, 5.41) is 3.43. The molecular weight excluding hydrogens is 348 g/mol. The molecule has 0 saturated heterocycles. The normalized spacial score (nSPS) is 10.4. The van der Waals surface area contributed by atoms with E-state index in [4.69, 9.17) is 16.3 Å². The van der Waals surface area contributed by atoms with Gasteiger partial charge in [-0.15, -0.1) is 0 Å². The van der Waals surface area contributed by atoms with Crippen LogP contribution in [-0.4, -0.2) is 30.6 Å². The van der Waals surface area contributed by atoms with Gasteiger partial charge >= 0.3 is 6.03 Å². The highest BCUT2D eigenvalue weighted by Crippen LogP contribution is 2.21. The largest absolute Gasteiger partial charge is 0.492 e. The van der Waals surface area contributed by atoms with Crippen molar-refractivity contribution in [1.82, 2.24) is 4.90 Å². The lowest BCUT2D eigenvalue weighted by molar-refractivity contribution is 0.193. The Bertz CT molecular complexity index is 664. The standard InChI is InChI=1S/C21H27ClN2O2/c1-2-3-4-10-15-24(16-17-26-18-11-6-5-7-12-18)21(25)23-20-14-9-8-13-19(20)22/h5-9,11-14H,2-4,10,15-17H2,1H3,(H,23,25). The third-order valence-electron chi connectivity index (χ3n) is 4.06. The molecule has 0 spiro atoms. The summed E-state index contributed by atoms with van der Waals surface area (Å²) < 4.78 is 5.74. The first-order valence-corrected chi connectivity index (χ1v) is 9.57. The molecule has 1 N–H and O–H groups in total. The summed E-state index contributed by atoms with van der Waals surface area (Å²) in [6.07, 6.45) is 4.45. The van der Waals surface area contributed by atoms with Crippen molar-refractivity contribution in [2.45, 2.75) is 32.6 Å². The molecule has 0 aliphatic carbocycles. The molecular formula is C21H27ClN2O2. The van der Waals surface area contributed by atoms with Gasteiger partial charge in [0.1, 0.15) is 12.4 Å². The maximum Gasteiger partial charge on any atom is 0.322 e. The first-order chi connectivity index (χ1) is 12.7. The second-order valence-electron chi connectivity index (χ2n) is 6.12. The number of carbonyl (C=O) groups is 1. The third-order valence-corrected chi connectivity index (χ3v) is 4.39. The number of carbonyl (C=O) groups excluding carboxylic acids is 1. The number of nitrogens with one attached hydrogen (secondary N) is 1. The number of para-hydroxylation sites is 2. The van der Waals surface area contributed by atoms with Crippen LogP contribution in [0.2, 0.25) is 5.02 Å². The van der Waals surface area contributed by atoms with E-state index >= 15 is 0 Å². The van der Waals surface area contributed by atoms with Crippen LogP contribution in [0.5, 0.6) is 5.75 Å². The van der Waals surface area contributed by atoms with Crippen LogP contribution in [0.15, 0.2) is 54.6 Å². The molecule has 0 saturated carbocycles. The van der Waals surface area contributed by atoms with Crippen molar-refractivity contribution in [1.29, 1.82) is 0 Å². The minimum atomic E-state index is -0.147. The number of nitrogens with zero attached hydrogens (tertiary/aromatic N) is 1. The summed E-state index contributed by atoms with van der Waals surface area (Å²) >= 11 is 6.15. The summed E-state index contributed by atoms with van der Waals surface area (Å²) in [6.45, 7) is 3.86. The highest BCUT2D eigenvalue weighted by atomic mass is 35.5. The van der Waals surface area contributed by atoms with Crippen molar-refractivity contribution in [2.24, 2.45) is 0 Å². The number of unbranched alkanes of at least 4 members (excludes halogenated alkanes) is 3. The van der Waals surface area contributed by atoms with E-state index in [2.05, 4.69) is 12.2 Å². The predicted octanol–water partition coefficient (Wildman–Crippen LogP) is 5.83. The van der Waals surface area contributed by atoms with Crippen molar-refractivity contribution in [3.8, 4) is 5.75 Å². The van der Waals surface area contributed by atoms with Crippen molar-refractivity contribution < 1.29 is 9.53 Å². The van der Waals surface area contributed by atoms with Gasteiger partial charge in [-0.1, -0.05) is 68.1 Å². The molecule has 140 valence electrons. The van der Waals surface area contributed by atoms with Gasteiger partial charge in [0.25, 0.3) is 0 Å². The summed E-state index contributed by atoms with van der Waals surface area (Å²) in [5.41, 5.74) is 0.627. The second-order valence-corrected chi connectivity index (χ2v) is 6.53. The van der Waals surface area contributed by atoms with Gasteiger partial charge in [0.2, 0.25) is 0 Å². The average Bonchev–Trinajstić information content (AvgIpc) is 2.66. The third kappa shape index (κ3) is 6.96. The second kappa shape index (κ2) is 11.4. The molecule has 26 heavy (non-hydrogen) atoms. The van der Waals surface area contributed by atoms with Crippen LogP contribution in [0.1, 0.15) is 32.6 Å². The lowest BCUT2D eigenvalue weighted by atomic mass is 10.2. The topological polar surface area (TPSA) is 41.6 Å². The molecule has 2 aromatic rings. The Morgan fingerprint density at radius 2 is 1.73 bits per heavy atom. The van der Waals surface area contributed by atoms with E-state index in [-0.39, 0.29) is 6.03 Å². The molecule has 2 aromatic carbocycles. The van der Waals surface area contributed by atoms with Crippen molar-refractivity contribution in [2.75, 3.05) is 25.0 Å². The summed E-state index contributed by atoms with van der Waals surface area (Å²) in [4.78, 5) is 14.5. The lowest BCUT2D eigenvalue weighted by Crippen LogP contribution is -2.38. The molecule has 0 aliphatic rings. The van der Waals surface area contributed by atoms with Crippen LogP contribution in [-0.2, 0) is 0 Å². The molecule has 0 bridgehead atoms. The van der Waals surface area contributed by atoms with E-state index in [0.29, 0.717) is 30.4 Å². The first-order valence-electron chi connectivity index (χ1n) is 9.19. The van der Waals surface area contributed by atoms with Crippen molar-refractivity contribution >= 4 is 23.3 Å². The van der Waals surface area contributed by atoms with Crippen LogP contribution in [0.3, 0.4) is 0 Å². The maximum absolute atomic E-state index is 12.7. The molecule has 0 heterocycles. The number of ether oxygens (including phenoxy) is 1. The minimum absolute atomic E-state index is 0.147. The highest BCUT2D eigenvalue weighted by molar-refractivity contribution is 6.33. The predicted molar refractivity (Wildman–Crippen MR) is 108 cm³/mol. The zero-order chi connectivity index (χ0) is 18.6. The van der Waals surface area contributed by atoms with E-state index in [1.165, 1.54) is 12.8 Å². The van der Waals surface area contributed by atoms with Gasteiger partial charge in [-0.3, -0.25) is 0 Å². The van der Waals surface area contributed by atoms with Crippen molar-refractivity contribution in [3.63, 3.8) is 0 Å². The zero-order valence-electron chi connectivity index (χ0n) is 15.3. The maximum atomic E-state index is 12.7. The van der Waals surface area contributed by atoms with Crippen LogP contribution >= 0.6 is 11.6 Å². The number of halogens is 1. The molecule has 0 aromatic heterocycles. The Morgan fingerprint density at radius 3 is 2.46 bits per heavy atom. The fraction of sp³-hybridized carbons (Fsp3) is 0.381. The molecule has 0 atom stereocenters. The average molecular weight is 375 g/mol. The van der Waals surface area contributed by atoms with Crippen molar-refractivity contribution in [3.05, 3.63) is 59.6 Å². The molecule has 5 heteroatoms. The Hall–Kier alpha value is -2.20. The Balaban J connectivity index is 1.90. The number of rotatable bonds is 10. The van der Waals surface area contributed by atoms with Gasteiger partial charge in [0.05, 0.1) is 17.3 Å². The molecule has 4 nitrogen and oxygen atoms in total. The van der Waals surface area contributed by atoms with Gasteiger partial charge in [-0.2, -0.15) is 0 Å². The number of benzene rings is 2. The van der Waals surface area contributed by atoms with Crippen LogP contribution in [0, 0.1) is 0 Å². The molecule has 0 fully saturated rings. The number of anilines is 1. The van der Waals surface area contributed by atoms with Gasteiger partial charge in [0, 0.05) is 6.54 Å². The fourth-order valence-electron chi connectivity index (χ4n) is 2.59. The Labute approximate surface area is 161 Å². The van der Waals surface area contributed by atoms with Gasteiger partial charge in [0.15, 0.2) is 0 Å². The number of urea groups is 1. The van der Waals surface area contributed by atoms with Gasteiger partial charge in [-0.05, 0) is 30.7 Å². The summed E-state index contributed by atoms with van der Waals surface area (Å²) in [7, 11) is 0. The molecule has 2 rings (SSSR count). The number of hydrogen-bond acceptors (Lipinski definition) is 2. The van der Waals surface area contributed by atoms with Crippen LogP contribution in [0.25, 0.3) is 0 Å². The molecule has 2 amide bonds. The molecule has 0 unspecified atom stereocenters. The SMILES string of the molecule is CCCCCCN(CCOc1ccccc1)C(=O)Nc1ccccc1Cl. The monoisotopic (exact) mass is 374 g/mol. The van der Waals surface area contributed by atoms with Gasteiger partial charge < -0.3 is 15.0 Å². The number of amides is 2. The first kappa shape index (κ1) is 20.1. The van der Waals surface area contributed by atoms with E-state index < -0.39 is 0 Å². The van der Waals surface area contributed by atoms with Gasteiger partial charge in [-0.25, -0.2) is 4.79 Å². The summed E-state index contributed by atoms with van der Waals surface area (Å²) in [5.74, 6) is 0.810. The van der Waals surface area contributed by atoms with E-state index in [1.807, 2.05) is 42.5 Å². The highest BCUT2D eigenvalue weighted by Gasteiger charge is 2.14. The number of hydrogen-bond donors (Lipinski definition) is 1. The Morgan fingerprint density at radius 1 is 1.00 bits per heavy atom. The van der Waals surface area contributed by atoms with E-state index in [1.54, 1.807) is 17.0 Å². The van der Waals surface area contributed by atoms with E-state index in [9.17, 15) is 4.79 Å². The Kier molecular flexibility index (Phi) is 8.84. The fourth-order valence-corrected chi connectivity index (χ4v) is 2.77. The molecule has 0 radical (unpaired) electrons. The quantitative estimate of drug-likeness (QED) is 0.531.